The minimum Gasteiger partial charge on any atom is -0.325 e. The molecule has 2 amide bonds. The van der Waals surface area contributed by atoms with Crippen molar-refractivity contribution >= 4 is 46.0 Å². The van der Waals surface area contributed by atoms with E-state index in [1.165, 1.54) is 11.8 Å². The van der Waals surface area contributed by atoms with E-state index in [4.69, 9.17) is 4.99 Å². The molecule has 2 aliphatic rings. The zero-order valence-corrected chi connectivity index (χ0v) is 18.1. The van der Waals surface area contributed by atoms with Crippen LogP contribution in [0.5, 0.6) is 0 Å². The molecule has 0 saturated heterocycles. The molecule has 154 valence electrons. The zero-order valence-electron chi connectivity index (χ0n) is 17.3. The van der Waals surface area contributed by atoms with Gasteiger partial charge >= 0.3 is 0 Å². The van der Waals surface area contributed by atoms with Gasteiger partial charge in [0.05, 0.1) is 11.4 Å². The minimum absolute atomic E-state index is 0.0695. The number of para-hydroxylation sites is 2. The Bertz CT molecular complexity index is 1060. The zero-order chi connectivity index (χ0) is 21.3. The van der Waals surface area contributed by atoms with Crippen LogP contribution in [0.2, 0.25) is 0 Å². The molecule has 2 aromatic rings. The molecule has 0 aliphatic carbocycles. The number of rotatable bonds is 5. The standard InChI is InChI=1S/C23H24N4O2S/c1-4-15-9-5-7-11-17(15)24-19(28)13-30-23-25-18-12-8-6-10-16(18)21-26-22(29)20(14(2)3)27(21)23/h5-12,14,20H,4,13H2,1-3H3,(H,24,28). The van der Waals surface area contributed by atoms with Crippen molar-refractivity contribution in [3.63, 3.8) is 0 Å². The van der Waals surface area contributed by atoms with Gasteiger partial charge in [0, 0.05) is 11.3 Å². The van der Waals surface area contributed by atoms with E-state index in [0.29, 0.717) is 11.0 Å². The Labute approximate surface area is 180 Å². The van der Waals surface area contributed by atoms with E-state index in [-0.39, 0.29) is 23.5 Å². The number of amidine groups is 2. The van der Waals surface area contributed by atoms with E-state index >= 15 is 0 Å². The first-order valence-electron chi connectivity index (χ1n) is 10.1. The van der Waals surface area contributed by atoms with Gasteiger partial charge in [-0.25, -0.2) is 4.99 Å². The van der Waals surface area contributed by atoms with Crippen molar-refractivity contribution in [2.24, 2.45) is 15.9 Å². The summed E-state index contributed by atoms with van der Waals surface area (Å²) >= 11 is 1.33. The van der Waals surface area contributed by atoms with Gasteiger partial charge in [-0.1, -0.05) is 62.9 Å². The van der Waals surface area contributed by atoms with Crippen LogP contribution in [0.4, 0.5) is 11.4 Å². The Balaban J connectivity index is 1.57. The summed E-state index contributed by atoms with van der Waals surface area (Å²) in [6.45, 7) is 6.06. The molecule has 1 N–H and O–H groups in total. The molecule has 7 heteroatoms. The fourth-order valence-corrected chi connectivity index (χ4v) is 4.57. The minimum atomic E-state index is -0.400. The summed E-state index contributed by atoms with van der Waals surface area (Å²) in [6, 6.07) is 15.1. The second-order valence-corrected chi connectivity index (χ2v) is 8.53. The third-order valence-electron chi connectivity index (χ3n) is 5.18. The van der Waals surface area contributed by atoms with Crippen LogP contribution in [0.15, 0.2) is 58.5 Å². The molecule has 1 atom stereocenters. The molecular weight excluding hydrogens is 396 g/mol. The number of thioether (sulfide) groups is 1. The van der Waals surface area contributed by atoms with E-state index in [1.807, 2.05) is 67.3 Å². The second kappa shape index (κ2) is 8.44. The smallest absolute Gasteiger partial charge is 0.271 e. The number of carbonyl (C=O) groups excluding carboxylic acids is 2. The highest BCUT2D eigenvalue weighted by Gasteiger charge is 2.43. The van der Waals surface area contributed by atoms with Crippen LogP contribution in [-0.2, 0) is 16.0 Å². The van der Waals surface area contributed by atoms with Gasteiger partial charge < -0.3 is 5.32 Å². The summed E-state index contributed by atoms with van der Waals surface area (Å²) < 4.78 is 0. The molecule has 2 aromatic carbocycles. The third-order valence-corrected chi connectivity index (χ3v) is 6.13. The lowest BCUT2D eigenvalue weighted by Crippen LogP contribution is -2.46. The summed E-state index contributed by atoms with van der Waals surface area (Å²) in [5.41, 5.74) is 3.54. The molecule has 4 rings (SSSR count). The number of carbonyl (C=O) groups is 2. The predicted molar refractivity (Wildman–Crippen MR) is 122 cm³/mol. The Morgan fingerprint density at radius 2 is 1.87 bits per heavy atom. The molecule has 6 nitrogen and oxygen atoms in total. The third kappa shape index (κ3) is 3.77. The number of fused-ring (bicyclic) bond motifs is 3. The van der Waals surface area contributed by atoms with Crippen molar-refractivity contribution in [2.45, 2.75) is 33.2 Å². The van der Waals surface area contributed by atoms with Crippen molar-refractivity contribution in [1.29, 1.82) is 0 Å². The van der Waals surface area contributed by atoms with Crippen LogP contribution in [-0.4, -0.2) is 39.5 Å². The lowest BCUT2D eigenvalue weighted by Gasteiger charge is -2.32. The number of nitrogens with zero attached hydrogens (tertiary/aromatic N) is 3. The fraction of sp³-hybridized carbons (Fsp3) is 0.304. The maximum Gasteiger partial charge on any atom is 0.271 e. The summed E-state index contributed by atoms with van der Waals surface area (Å²) in [6.07, 6.45) is 0.846. The van der Waals surface area contributed by atoms with Gasteiger partial charge in [-0.05, 0) is 36.1 Å². The summed E-state index contributed by atoms with van der Waals surface area (Å²) in [4.78, 5) is 36.2. The molecule has 0 radical (unpaired) electrons. The molecule has 30 heavy (non-hydrogen) atoms. The van der Waals surface area contributed by atoms with Gasteiger partial charge in [0.25, 0.3) is 5.91 Å². The lowest BCUT2D eigenvalue weighted by atomic mass is 10.0. The average molecular weight is 421 g/mol. The number of benzene rings is 2. The predicted octanol–water partition coefficient (Wildman–Crippen LogP) is 4.24. The van der Waals surface area contributed by atoms with Crippen LogP contribution >= 0.6 is 11.8 Å². The number of hydrogen-bond donors (Lipinski definition) is 1. The van der Waals surface area contributed by atoms with Crippen LogP contribution in [0.1, 0.15) is 31.9 Å². The Kier molecular flexibility index (Phi) is 5.72. The summed E-state index contributed by atoms with van der Waals surface area (Å²) in [5.74, 6) is 0.629. The number of amides is 2. The summed E-state index contributed by atoms with van der Waals surface area (Å²) in [5, 5.41) is 3.63. The first-order chi connectivity index (χ1) is 14.5. The number of aliphatic imine (C=N–C) groups is 2. The van der Waals surface area contributed by atoms with E-state index in [9.17, 15) is 9.59 Å². The highest BCUT2D eigenvalue weighted by atomic mass is 32.2. The summed E-state index contributed by atoms with van der Waals surface area (Å²) in [7, 11) is 0. The van der Waals surface area contributed by atoms with Crippen LogP contribution in [0.25, 0.3) is 0 Å². The number of hydrogen-bond acceptors (Lipinski definition) is 5. The topological polar surface area (TPSA) is 74.1 Å². The average Bonchev–Trinajstić information content (AvgIpc) is 3.10. The molecule has 1 unspecified atom stereocenters. The Hall–Kier alpha value is -2.93. The van der Waals surface area contributed by atoms with E-state index in [0.717, 1.165) is 28.9 Å². The van der Waals surface area contributed by atoms with Gasteiger partial charge in [0.2, 0.25) is 5.91 Å². The van der Waals surface area contributed by atoms with Crippen molar-refractivity contribution in [2.75, 3.05) is 11.1 Å². The first-order valence-corrected chi connectivity index (χ1v) is 11.1. The van der Waals surface area contributed by atoms with Crippen molar-refractivity contribution in [1.82, 2.24) is 4.90 Å². The van der Waals surface area contributed by atoms with Gasteiger partial charge in [0.1, 0.15) is 11.9 Å². The maximum atomic E-state index is 12.6. The number of nitrogens with one attached hydrogen (secondary N) is 1. The van der Waals surface area contributed by atoms with Crippen molar-refractivity contribution in [3.8, 4) is 0 Å². The maximum absolute atomic E-state index is 12.6. The van der Waals surface area contributed by atoms with Crippen LogP contribution < -0.4 is 5.32 Å². The molecule has 2 aliphatic heterocycles. The molecule has 0 bridgehead atoms. The monoisotopic (exact) mass is 420 g/mol. The number of anilines is 1. The molecule has 0 spiro atoms. The first kappa shape index (κ1) is 20.3. The quantitative estimate of drug-likeness (QED) is 0.785. The van der Waals surface area contributed by atoms with Gasteiger partial charge in [-0.3, -0.25) is 14.5 Å². The van der Waals surface area contributed by atoms with E-state index in [1.54, 1.807) is 0 Å². The van der Waals surface area contributed by atoms with Crippen LogP contribution in [0, 0.1) is 5.92 Å². The second-order valence-electron chi connectivity index (χ2n) is 7.59. The normalized spacial score (nSPS) is 17.4. The highest BCUT2D eigenvalue weighted by molar-refractivity contribution is 8.14. The van der Waals surface area contributed by atoms with E-state index in [2.05, 4.69) is 17.2 Å². The largest absolute Gasteiger partial charge is 0.325 e. The molecule has 0 saturated carbocycles. The van der Waals surface area contributed by atoms with Crippen molar-refractivity contribution < 1.29 is 9.59 Å². The molecule has 2 heterocycles. The lowest BCUT2D eigenvalue weighted by molar-refractivity contribution is -0.120. The van der Waals surface area contributed by atoms with Gasteiger partial charge in [0.15, 0.2) is 5.17 Å². The fourth-order valence-electron chi connectivity index (χ4n) is 3.74. The Morgan fingerprint density at radius 1 is 1.13 bits per heavy atom. The molecule has 0 fully saturated rings. The van der Waals surface area contributed by atoms with Crippen LogP contribution in [0.3, 0.4) is 0 Å². The SMILES string of the molecule is CCc1ccccc1NC(=O)CSC1=Nc2ccccc2C2=NC(=O)C(C(C)C)N12. The molecular formula is C23H24N4O2S. The highest BCUT2D eigenvalue weighted by Crippen LogP contribution is 2.35. The van der Waals surface area contributed by atoms with E-state index < -0.39 is 6.04 Å². The van der Waals surface area contributed by atoms with Gasteiger partial charge in [-0.15, -0.1) is 0 Å². The Morgan fingerprint density at radius 3 is 2.63 bits per heavy atom. The molecule has 0 aromatic heterocycles. The van der Waals surface area contributed by atoms with Gasteiger partial charge in [-0.2, -0.15) is 4.99 Å². The number of aryl methyl sites for hydroxylation is 1. The van der Waals surface area contributed by atoms with Crippen molar-refractivity contribution in [3.05, 3.63) is 59.7 Å².